The Morgan fingerprint density at radius 2 is 1.14 bits per heavy atom. The Kier molecular flexibility index (Phi) is 5.43. The fourth-order valence-corrected chi connectivity index (χ4v) is 4.34. The highest BCUT2D eigenvalue weighted by Crippen LogP contribution is 2.57. The fourth-order valence-electron chi connectivity index (χ4n) is 4.34. The minimum absolute atomic E-state index is 0.162. The normalized spacial score (nSPS) is 23.0. The van der Waals surface area contributed by atoms with E-state index in [1.807, 2.05) is 91.0 Å². The Morgan fingerprint density at radius 1 is 0.690 bits per heavy atom. The van der Waals surface area contributed by atoms with Crippen molar-refractivity contribution in [2.45, 2.75) is 18.4 Å². The molecule has 3 aromatic rings. The summed E-state index contributed by atoms with van der Waals surface area (Å²) in [5.41, 5.74) is 2.52. The molecule has 0 aromatic heterocycles. The largest absolute Gasteiger partial charge is 0.550 e. The monoisotopic (exact) mass is 385 g/mol. The van der Waals surface area contributed by atoms with E-state index in [0.717, 1.165) is 16.7 Å². The van der Waals surface area contributed by atoms with Gasteiger partial charge in [-0.2, -0.15) is 0 Å². The van der Waals surface area contributed by atoms with E-state index in [9.17, 15) is 14.7 Å². The van der Waals surface area contributed by atoms with Crippen LogP contribution < -0.4 is 5.11 Å². The highest BCUT2D eigenvalue weighted by atomic mass is 16.5. The van der Waals surface area contributed by atoms with E-state index in [1.165, 1.54) is 0 Å². The summed E-state index contributed by atoms with van der Waals surface area (Å²) in [6.45, 7) is 0.162. The van der Waals surface area contributed by atoms with Crippen molar-refractivity contribution in [2.24, 2.45) is 11.8 Å². The lowest BCUT2D eigenvalue weighted by Gasteiger charge is -2.51. The van der Waals surface area contributed by atoms with Crippen LogP contribution in [0.4, 0.5) is 0 Å². The number of carbonyl (C=O) groups excluding carboxylic acids is 2. The van der Waals surface area contributed by atoms with Crippen molar-refractivity contribution >= 4 is 11.9 Å². The molecule has 0 amide bonds. The number of rotatable bonds is 6. The molecule has 0 aliphatic heterocycles. The van der Waals surface area contributed by atoms with Gasteiger partial charge >= 0.3 is 5.97 Å². The molecule has 1 aliphatic rings. The zero-order valence-electron chi connectivity index (χ0n) is 15.8. The molecule has 1 fully saturated rings. The first kappa shape index (κ1) is 18.9. The van der Waals surface area contributed by atoms with E-state index in [4.69, 9.17) is 4.74 Å². The molecule has 0 N–H and O–H groups in total. The number of aliphatic carboxylic acids is 1. The lowest BCUT2D eigenvalue weighted by Crippen LogP contribution is -2.55. The van der Waals surface area contributed by atoms with Crippen LogP contribution in [0.25, 0.3) is 0 Å². The van der Waals surface area contributed by atoms with Gasteiger partial charge in [0, 0.05) is 23.7 Å². The maximum absolute atomic E-state index is 13.1. The average Bonchev–Trinajstić information content (AvgIpc) is 2.73. The maximum Gasteiger partial charge on any atom is 0.310 e. The third-order valence-electron chi connectivity index (χ3n) is 5.68. The third-order valence-corrected chi connectivity index (χ3v) is 5.68. The molecule has 0 unspecified atom stereocenters. The number of carbonyl (C=O) groups is 2. The number of hydrogen-bond acceptors (Lipinski definition) is 4. The zero-order valence-corrected chi connectivity index (χ0v) is 15.8. The van der Waals surface area contributed by atoms with Crippen LogP contribution >= 0.6 is 0 Å². The summed E-state index contributed by atoms with van der Waals surface area (Å²) in [6, 6.07) is 28.0. The van der Waals surface area contributed by atoms with E-state index in [1.54, 1.807) is 0 Å². The molecule has 0 heterocycles. The van der Waals surface area contributed by atoms with Gasteiger partial charge in [-0.25, -0.2) is 0 Å². The number of ether oxygens (including phenoxy) is 1. The third kappa shape index (κ3) is 3.79. The summed E-state index contributed by atoms with van der Waals surface area (Å²) in [4.78, 5) is 25.1. The molecule has 0 bridgehead atoms. The first-order valence-electron chi connectivity index (χ1n) is 9.68. The van der Waals surface area contributed by atoms with Crippen LogP contribution in [0.5, 0.6) is 0 Å². The molecule has 1 saturated carbocycles. The second-order valence-corrected chi connectivity index (χ2v) is 7.34. The summed E-state index contributed by atoms with van der Waals surface area (Å²) >= 11 is 0. The van der Waals surface area contributed by atoms with Crippen molar-refractivity contribution in [3.8, 4) is 0 Å². The van der Waals surface area contributed by atoms with Gasteiger partial charge in [-0.3, -0.25) is 4.79 Å². The summed E-state index contributed by atoms with van der Waals surface area (Å²) in [7, 11) is 0. The number of benzene rings is 3. The molecular weight excluding hydrogens is 364 g/mol. The molecular formula is C25H21O4-. The molecule has 29 heavy (non-hydrogen) atoms. The topological polar surface area (TPSA) is 66.4 Å². The van der Waals surface area contributed by atoms with Crippen LogP contribution in [0.3, 0.4) is 0 Å². The van der Waals surface area contributed by atoms with Crippen molar-refractivity contribution in [1.82, 2.24) is 0 Å². The number of hydrogen-bond donors (Lipinski definition) is 0. The van der Waals surface area contributed by atoms with Crippen molar-refractivity contribution in [1.29, 1.82) is 0 Å². The first-order chi connectivity index (χ1) is 14.2. The summed E-state index contributed by atoms with van der Waals surface area (Å²) in [5, 5.41) is 12.0. The second kappa shape index (κ2) is 8.31. The minimum Gasteiger partial charge on any atom is -0.550 e. The lowest BCUT2D eigenvalue weighted by atomic mass is 9.52. The standard InChI is InChI=1S/C25H22O4/c26-24(27)22-20(18-12-6-2-7-13-18)23(21(22)19-14-8-3-9-15-19)25(28)29-16-17-10-4-1-5-11-17/h1-15,20-23H,16H2,(H,26,27)/p-1/t20-,21-,22?,23?/m0/s1. The highest BCUT2D eigenvalue weighted by molar-refractivity contribution is 5.83. The Labute approximate surface area is 169 Å². The van der Waals surface area contributed by atoms with Crippen LogP contribution in [0.2, 0.25) is 0 Å². The average molecular weight is 385 g/mol. The molecule has 0 radical (unpaired) electrons. The predicted molar refractivity (Wildman–Crippen MR) is 107 cm³/mol. The van der Waals surface area contributed by atoms with Crippen LogP contribution in [-0.2, 0) is 20.9 Å². The number of esters is 1. The summed E-state index contributed by atoms with van der Waals surface area (Å²) in [5.74, 6) is -3.83. The van der Waals surface area contributed by atoms with Gasteiger partial charge in [0.1, 0.15) is 6.61 Å². The van der Waals surface area contributed by atoms with Crippen molar-refractivity contribution < 1.29 is 19.4 Å². The van der Waals surface area contributed by atoms with Gasteiger partial charge in [0.2, 0.25) is 0 Å². The molecule has 4 heteroatoms. The van der Waals surface area contributed by atoms with Gasteiger partial charge < -0.3 is 14.6 Å². The molecule has 3 aromatic carbocycles. The molecule has 4 nitrogen and oxygen atoms in total. The minimum atomic E-state index is -1.14. The molecule has 4 rings (SSSR count). The van der Waals surface area contributed by atoms with Gasteiger partial charge in [0.05, 0.1) is 5.92 Å². The Hall–Kier alpha value is -3.40. The summed E-state index contributed by atoms with van der Waals surface area (Å²) in [6.07, 6.45) is 0. The van der Waals surface area contributed by atoms with E-state index in [-0.39, 0.29) is 12.6 Å². The second-order valence-electron chi connectivity index (χ2n) is 7.34. The van der Waals surface area contributed by atoms with Gasteiger partial charge in [-0.05, 0) is 16.7 Å². The maximum atomic E-state index is 13.1. The van der Waals surface area contributed by atoms with Crippen LogP contribution in [0.1, 0.15) is 28.5 Å². The molecule has 146 valence electrons. The fraction of sp³-hybridized carbons (Fsp3) is 0.200. The number of carboxylic acids is 1. The smallest absolute Gasteiger partial charge is 0.310 e. The van der Waals surface area contributed by atoms with Crippen LogP contribution in [0, 0.1) is 11.8 Å². The SMILES string of the molecule is O=C([O-])C1[C@H](c2ccccc2)C(C(=O)OCc2ccccc2)[C@H]1c1ccccc1. The Bertz CT molecular complexity index is 922. The van der Waals surface area contributed by atoms with Gasteiger partial charge in [-0.1, -0.05) is 91.0 Å². The summed E-state index contributed by atoms with van der Waals surface area (Å²) < 4.78 is 5.61. The van der Waals surface area contributed by atoms with Gasteiger partial charge in [0.25, 0.3) is 0 Å². The molecule has 1 aliphatic carbocycles. The van der Waals surface area contributed by atoms with Crippen molar-refractivity contribution in [3.05, 3.63) is 108 Å². The van der Waals surface area contributed by atoms with E-state index < -0.39 is 29.6 Å². The molecule has 0 saturated heterocycles. The molecule has 2 atom stereocenters. The van der Waals surface area contributed by atoms with Gasteiger partial charge in [0.15, 0.2) is 0 Å². The highest BCUT2D eigenvalue weighted by Gasteiger charge is 2.56. The Morgan fingerprint density at radius 3 is 1.59 bits per heavy atom. The number of carboxylic acid groups (broad SMARTS) is 1. The van der Waals surface area contributed by atoms with E-state index in [2.05, 4.69) is 0 Å². The van der Waals surface area contributed by atoms with Gasteiger partial charge in [-0.15, -0.1) is 0 Å². The van der Waals surface area contributed by atoms with Crippen LogP contribution in [0.15, 0.2) is 91.0 Å². The van der Waals surface area contributed by atoms with E-state index >= 15 is 0 Å². The van der Waals surface area contributed by atoms with E-state index in [0.29, 0.717) is 0 Å². The zero-order chi connectivity index (χ0) is 20.2. The Balaban J connectivity index is 1.65. The molecule has 0 spiro atoms. The predicted octanol–water partition coefficient (Wildman–Crippen LogP) is 3.29. The van der Waals surface area contributed by atoms with Crippen LogP contribution in [-0.4, -0.2) is 11.9 Å². The quantitative estimate of drug-likeness (QED) is 0.611. The first-order valence-corrected chi connectivity index (χ1v) is 9.68. The lowest BCUT2D eigenvalue weighted by molar-refractivity contribution is -0.317. The van der Waals surface area contributed by atoms with Crippen molar-refractivity contribution in [3.63, 3.8) is 0 Å². The van der Waals surface area contributed by atoms with Crippen molar-refractivity contribution in [2.75, 3.05) is 0 Å².